The molecule has 3 aromatic rings. The Bertz CT molecular complexity index is 1760. The van der Waals surface area contributed by atoms with Crippen LogP contribution in [0.5, 0.6) is 0 Å². The lowest BCUT2D eigenvalue weighted by molar-refractivity contribution is -0.137. The van der Waals surface area contributed by atoms with E-state index in [4.69, 9.17) is 0 Å². The molecule has 1 aliphatic carbocycles. The molecule has 250 valence electrons. The molecule has 1 saturated carbocycles. The molecule has 0 N–H and O–H groups in total. The van der Waals surface area contributed by atoms with Gasteiger partial charge in [-0.25, -0.2) is 9.18 Å². The van der Waals surface area contributed by atoms with Gasteiger partial charge in [0.05, 0.1) is 17.1 Å². The molecule has 2 aromatic carbocycles. The number of rotatable bonds is 6. The molecule has 0 radical (unpaired) electrons. The second-order valence-corrected chi connectivity index (χ2v) is 14.2. The second-order valence-electron chi connectivity index (χ2n) is 13.2. The summed E-state index contributed by atoms with van der Waals surface area (Å²) in [6.07, 6.45) is -0.990. The largest absolute Gasteiger partial charge is 0.417 e. The van der Waals surface area contributed by atoms with Crippen molar-refractivity contribution in [2.45, 2.75) is 61.9 Å². The molecular formula is C34H38F4N6O2S. The summed E-state index contributed by atoms with van der Waals surface area (Å²) >= 11 is 1.32. The topological polar surface area (TPSA) is 64.9 Å². The number of halogens is 4. The van der Waals surface area contributed by atoms with Gasteiger partial charge in [-0.05, 0) is 56.5 Å². The predicted octanol–water partition coefficient (Wildman–Crippen LogP) is 5.26. The minimum absolute atomic E-state index is 0.0556. The first-order chi connectivity index (χ1) is 22.4. The van der Waals surface area contributed by atoms with E-state index in [0.717, 1.165) is 44.4 Å². The van der Waals surface area contributed by atoms with E-state index in [-0.39, 0.29) is 59.5 Å². The highest BCUT2D eigenvalue weighted by Gasteiger charge is 2.41. The lowest BCUT2D eigenvalue weighted by Crippen LogP contribution is -2.58. The fourth-order valence-corrected chi connectivity index (χ4v) is 9.01. The highest BCUT2D eigenvalue weighted by atomic mass is 32.2. The van der Waals surface area contributed by atoms with Crippen LogP contribution in [0.15, 0.2) is 52.7 Å². The van der Waals surface area contributed by atoms with E-state index in [0.29, 0.717) is 28.8 Å². The van der Waals surface area contributed by atoms with Crippen molar-refractivity contribution < 1.29 is 22.4 Å². The highest BCUT2D eigenvalue weighted by Crippen LogP contribution is 2.50. The molecule has 13 heteroatoms. The highest BCUT2D eigenvalue weighted by molar-refractivity contribution is 7.99. The van der Waals surface area contributed by atoms with Gasteiger partial charge in [0.25, 0.3) is 0 Å². The molecule has 1 aromatic heterocycles. The van der Waals surface area contributed by atoms with Crippen molar-refractivity contribution in [3.05, 3.63) is 64.9 Å². The van der Waals surface area contributed by atoms with Crippen LogP contribution in [0.25, 0.3) is 22.0 Å². The number of alkyl halides is 3. The van der Waals surface area contributed by atoms with Crippen LogP contribution in [0.1, 0.15) is 38.3 Å². The van der Waals surface area contributed by atoms with E-state index in [1.165, 1.54) is 42.8 Å². The molecule has 7 rings (SSSR count). The van der Waals surface area contributed by atoms with Gasteiger partial charge < -0.3 is 9.80 Å². The maximum absolute atomic E-state index is 15.0. The molecule has 4 aliphatic rings. The Hall–Kier alpha value is -3.42. The van der Waals surface area contributed by atoms with Gasteiger partial charge in [0.2, 0.25) is 5.91 Å². The summed E-state index contributed by atoms with van der Waals surface area (Å²) in [5, 5.41) is 0.247. The summed E-state index contributed by atoms with van der Waals surface area (Å²) in [7, 11) is 0. The molecule has 3 aliphatic heterocycles. The van der Waals surface area contributed by atoms with Gasteiger partial charge in [-0.2, -0.15) is 18.2 Å². The SMILES string of the molecule is C=CC(=O)N1[C@H](C)CN(c2nc(=O)n3c4c(c(-c5ccc(F)cc5)c(C(F)(F)F)cc24)SC[C@@H]3CN2CCN(C3CC3)CC2)C[C@@H]1C. The first-order valence-corrected chi connectivity index (χ1v) is 17.2. The summed E-state index contributed by atoms with van der Waals surface area (Å²) in [5.74, 6) is -0.193. The summed E-state index contributed by atoms with van der Waals surface area (Å²) in [6, 6.07) is 5.93. The minimum Gasteiger partial charge on any atom is -0.352 e. The average Bonchev–Trinajstić information content (AvgIpc) is 3.88. The van der Waals surface area contributed by atoms with Crippen LogP contribution < -0.4 is 10.6 Å². The Balaban J connectivity index is 1.38. The van der Waals surface area contributed by atoms with Crippen molar-refractivity contribution in [2.24, 2.45) is 0 Å². The van der Waals surface area contributed by atoms with Crippen molar-refractivity contribution >= 4 is 34.4 Å². The van der Waals surface area contributed by atoms with Crippen molar-refractivity contribution in [1.29, 1.82) is 0 Å². The third-order valence-corrected chi connectivity index (χ3v) is 11.2. The standard InChI is InChI=1S/C34H38F4N6O2S/c1-4-28(45)43-20(2)16-42(17-21(43)3)32-26-15-27(34(36,37)38)29(22-5-7-23(35)8-6-22)31-30(26)44(33(46)39-32)25(19-47-31)18-40-11-13-41(14-12-40)24-9-10-24/h4-8,15,20-21,24-25H,1,9-14,16-19H2,2-3H3/t20-,21+,25-/m0/s1. The van der Waals surface area contributed by atoms with Gasteiger partial charge in [0, 0.05) is 85.5 Å². The summed E-state index contributed by atoms with van der Waals surface area (Å²) in [5.41, 5.74) is -0.766. The number of amides is 1. The number of hydrogen-bond donors (Lipinski definition) is 0. The van der Waals surface area contributed by atoms with E-state index in [1.807, 2.05) is 18.7 Å². The number of aromatic nitrogens is 2. The summed E-state index contributed by atoms with van der Waals surface area (Å²) in [4.78, 5) is 39.9. The maximum Gasteiger partial charge on any atom is 0.417 e. The van der Waals surface area contributed by atoms with Gasteiger partial charge in [-0.15, -0.1) is 11.8 Å². The average molecular weight is 671 g/mol. The quantitative estimate of drug-likeness (QED) is 0.262. The van der Waals surface area contributed by atoms with Crippen LogP contribution in [-0.4, -0.2) is 99.8 Å². The molecule has 8 nitrogen and oxygen atoms in total. The third kappa shape index (κ3) is 5.95. The van der Waals surface area contributed by atoms with E-state index in [9.17, 15) is 27.2 Å². The Morgan fingerprint density at radius 1 is 1.06 bits per heavy atom. The van der Waals surface area contributed by atoms with E-state index < -0.39 is 23.2 Å². The smallest absolute Gasteiger partial charge is 0.352 e. The number of carbonyl (C=O) groups excluding carboxylic acids is 1. The molecule has 0 spiro atoms. The Labute approximate surface area is 275 Å². The van der Waals surface area contributed by atoms with Crippen LogP contribution in [0.2, 0.25) is 0 Å². The van der Waals surface area contributed by atoms with Crippen molar-refractivity contribution in [1.82, 2.24) is 24.3 Å². The molecule has 0 bridgehead atoms. The van der Waals surface area contributed by atoms with Gasteiger partial charge in [0.1, 0.15) is 11.6 Å². The number of hydrogen-bond acceptors (Lipinski definition) is 7. The van der Waals surface area contributed by atoms with Crippen molar-refractivity contribution in [3.8, 4) is 11.1 Å². The number of nitrogens with zero attached hydrogens (tertiary/aromatic N) is 6. The van der Waals surface area contributed by atoms with Crippen LogP contribution in [-0.2, 0) is 11.0 Å². The normalized spacial score (nSPS) is 24.2. The number of carbonyl (C=O) groups is 1. The van der Waals surface area contributed by atoms with E-state index in [2.05, 4.69) is 21.4 Å². The van der Waals surface area contributed by atoms with E-state index in [1.54, 1.807) is 9.47 Å². The van der Waals surface area contributed by atoms with Gasteiger partial charge in [0.15, 0.2) is 0 Å². The predicted molar refractivity (Wildman–Crippen MR) is 175 cm³/mol. The molecule has 1 amide bonds. The number of benzene rings is 2. The number of anilines is 1. The van der Waals surface area contributed by atoms with Gasteiger partial charge >= 0.3 is 11.9 Å². The molecule has 3 fully saturated rings. The number of piperazine rings is 2. The fraction of sp³-hybridized carbons (Fsp3) is 0.500. The van der Waals surface area contributed by atoms with Crippen molar-refractivity contribution in [3.63, 3.8) is 0 Å². The van der Waals surface area contributed by atoms with Crippen LogP contribution in [0.3, 0.4) is 0 Å². The Morgan fingerprint density at radius 3 is 2.32 bits per heavy atom. The third-order valence-electron chi connectivity index (χ3n) is 9.95. The van der Waals surface area contributed by atoms with Crippen LogP contribution in [0, 0.1) is 5.82 Å². The summed E-state index contributed by atoms with van der Waals surface area (Å²) in [6.45, 7) is 12.2. The van der Waals surface area contributed by atoms with Crippen LogP contribution >= 0.6 is 11.8 Å². The molecule has 47 heavy (non-hydrogen) atoms. The van der Waals surface area contributed by atoms with E-state index >= 15 is 0 Å². The molecule has 2 saturated heterocycles. The zero-order valence-electron chi connectivity index (χ0n) is 26.5. The first-order valence-electron chi connectivity index (χ1n) is 16.2. The fourth-order valence-electron chi connectivity index (χ4n) is 7.68. The molecule has 3 atom stereocenters. The monoisotopic (exact) mass is 670 g/mol. The Kier molecular flexibility index (Phi) is 8.36. The maximum atomic E-state index is 15.0. The lowest BCUT2D eigenvalue weighted by Gasteiger charge is -2.45. The zero-order valence-corrected chi connectivity index (χ0v) is 27.3. The zero-order chi connectivity index (χ0) is 33.2. The van der Waals surface area contributed by atoms with Gasteiger partial charge in [-0.3, -0.25) is 19.2 Å². The van der Waals surface area contributed by atoms with Crippen LogP contribution in [0.4, 0.5) is 23.4 Å². The summed E-state index contributed by atoms with van der Waals surface area (Å²) < 4.78 is 60.4. The van der Waals surface area contributed by atoms with Crippen molar-refractivity contribution in [2.75, 3.05) is 56.5 Å². The number of thioether (sulfide) groups is 1. The molecule has 0 unspecified atom stereocenters. The molecule has 4 heterocycles. The minimum atomic E-state index is -4.74. The Morgan fingerprint density at radius 2 is 1.72 bits per heavy atom. The van der Waals surface area contributed by atoms with Gasteiger partial charge in [-0.1, -0.05) is 18.7 Å². The second kappa shape index (κ2) is 12.2. The first kappa shape index (κ1) is 32.1. The molecular weight excluding hydrogens is 632 g/mol. The lowest BCUT2D eigenvalue weighted by atomic mass is 9.95.